The number of hydrogen-bond donors (Lipinski definition) is 0. The van der Waals surface area contributed by atoms with E-state index in [1.165, 1.54) is 11.3 Å². The molecule has 3 heterocycles. The average molecular weight is 274 g/mol. The van der Waals surface area contributed by atoms with Gasteiger partial charge in [0.05, 0.1) is 17.4 Å². The topological polar surface area (TPSA) is 47.1 Å². The molecule has 0 N–H and O–H groups in total. The minimum atomic E-state index is 0.490. The van der Waals surface area contributed by atoms with Gasteiger partial charge in [0.15, 0.2) is 0 Å². The van der Waals surface area contributed by atoms with Crippen molar-refractivity contribution in [1.82, 2.24) is 19.8 Å². The van der Waals surface area contributed by atoms with Gasteiger partial charge < -0.3 is 4.52 Å². The molecule has 0 radical (unpaired) electrons. The minimum Gasteiger partial charge on any atom is -0.361 e. The number of rotatable bonds is 3. The van der Waals surface area contributed by atoms with E-state index in [4.69, 9.17) is 4.52 Å². The third kappa shape index (κ3) is 2.38. The maximum Gasteiger partial charge on any atom is 0.138 e. The van der Waals surface area contributed by atoms with Gasteiger partial charge in [-0.2, -0.15) is 5.10 Å². The predicted molar refractivity (Wildman–Crippen MR) is 76.6 cm³/mol. The molecule has 1 aliphatic heterocycles. The van der Waals surface area contributed by atoms with Crippen molar-refractivity contribution in [1.29, 1.82) is 0 Å². The number of likely N-dealkylation sites (tertiary alicyclic amines) is 1. The highest BCUT2D eigenvalue weighted by molar-refractivity contribution is 5.20. The molecule has 1 unspecified atom stereocenters. The molecule has 1 saturated heterocycles. The Morgan fingerprint density at radius 3 is 2.70 bits per heavy atom. The summed E-state index contributed by atoms with van der Waals surface area (Å²) in [4.78, 5) is 2.47. The summed E-state index contributed by atoms with van der Waals surface area (Å²) >= 11 is 0. The lowest BCUT2D eigenvalue weighted by Crippen LogP contribution is -2.22. The molecule has 5 heteroatoms. The van der Waals surface area contributed by atoms with Crippen LogP contribution < -0.4 is 0 Å². The Morgan fingerprint density at radius 2 is 2.10 bits per heavy atom. The van der Waals surface area contributed by atoms with Crippen LogP contribution in [-0.2, 0) is 6.54 Å². The van der Waals surface area contributed by atoms with E-state index in [2.05, 4.69) is 39.8 Å². The van der Waals surface area contributed by atoms with Crippen molar-refractivity contribution in [3.05, 3.63) is 34.5 Å². The number of aryl methyl sites for hydroxylation is 4. The van der Waals surface area contributed by atoms with Crippen molar-refractivity contribution in [2.24, 2.45) is 0 Å². The Balaban J connectivity index is 1.70. The summed E-state index contributed by atoms with van der Waals surface area (Å²) in [5, 5.41) is 8.65. The van der Waals surface area contributed by atoms with Crippen LogP contribution in [0.3, 0.4) is 0 Å². The molecule has 0 aliphatic carbocycles. The van der Waals surface area contributed by atoms with Crippen molar-refractivity contribution in [2.75, 3.05) is 13.1 Å². The smallest absolute Gasteiger partial charge is 0.138 e. The highest BCUT2D eigenvalue weighted by Crippen LogP contribution is 2.25. The van der Waals surface area contributed by atoms with Gasteiger partial charge in [-0.25, -0.2) is 0 Å². The monoisotopic (exact) mass is 274 g/mol. The van der Waals surface area contributed by atoms with E-state index >= 15 is 0 Å². The van der Waals surface area contributed by atoms with Crippen LogP contribution in [0.4, 0.5) is 0 Å². The Bertz CT molecular complexity index is 594. The second kappa shape index (κ2) is 5.05. The molecule has 0 amide bonds. The average Bonchev–Trinajstić information content (AvgIpc) is 3.06. The van der Waals surface area contributed by atoms with E-state index in [1.807, 2.05) is 13.8 Å². The van der Waals surface area contributed by atoms with Crippen LogP contribution in [0.15, 0.2) is 10.6 Å². The van der Waals surface area contributed by atoms with Gasteiger partial charge in [-0.05, 0) is 40.2 Å². The molecule has 108 valence electrons. The standard InChI is InChI=1S/C15H22N4O/c1-10-7-11(2)19(16-10)14-5-6-18(8-14)9-15-12(3)17-20-13(15)4/h7,14H,5-6,8-9H2,1-4H3. The summed E-state index contributed by atoms with van der Waals surface area (Å²) in [7, 11) is 0. The van der Waals surface area contributed by atoms with Gasteiger partial charge in [0.1, 0.15) is 5.76 Å². The summed E-state index contributed by atoms with van der Waals surface area (Å²) in [6.07, 6.45) is 1.16. The fraction of sp³-hybridized carbons (Fsp3) is 0.600. The zero-order valence-corrected chi connectivity index (χ0v) is 12.7. The third-order valence-corrected chi connectivity index (χ3v) is 4.20. The first-order chi connectivity index (χ1) is 9.54. The van der Waals surface area contributed by atoms with Gasteiger partial charge in [-0.15, -0.1) is 0 Å². The Morgan fingerprint density at radius 1 is 1.30 bits per heavy atom. The number of hydrogen-bond acceptors (Lipinski definition) is 4. The van der Waals surface area contributed by atoms with Crippen LogP contribution in [0.1, 0.15) is 40.9 Å². The van der Waals surface area contributed by atoms with E-state index in [0.717, 1.165) is 43.2 Å². The third-order valence-electron chi connectivity index (χ3n) is 4.20. The van der Waals surface area contributed by atoms with Crippen molar-refractivity contribution in [3.63, 3.8) is 0 Å². The van der Waals surface area contributed by atoms with Gasteiger partial charge in [0.2, 0.25) is 0 Å². The summed E-state index contributed by atoms with van der Waals surface area (Å²) < 4.78 is 7.43. The maximum atomic E-state index is 5.25. The molecule has 0 spiro atoms. The molecule has 20 heavy (non-hydrogen) atoms. The fourth-order valence-electron chi connectivity index (χ4n) is 3.12. The Labute approximate surface area is 119 Å². The first-order valence-electron chi connectivity index (χ1n) is 7.21. The first kappa shape index (κ1) is 13.4. The van der Waals surface area contributed by atoms with Gasteiger partial charge in [0, 0.05) is 30.9 Å². The molecule has 5 nitrogen and oxygen atoms in total. The van der Waals surface area contributed by atoms with Crippen molar-refractivity contribution >= 4 is 0 Å². The van der Waals surface area contributed by atoms with E-state index in [1.54, 1.807) is 0 Å². The molecule has 0 saturated carbocycles. The highest BCUT2D eigenvalue weighted by Gasteiger charge is 2.26. The molecular formula is C15H22N4O. The Kier molecular flexibility index (Phi) is 3.38. The lowest BCUT2D eigenvalue weighted by Gasteiger charge is -2.16. The van der Waals surface area contributed by atoms with Crippen LogP contribution in [0.5, 0.6) is 0 Å². The van der Waals surface area contributed by atoms with Gasteiger partial charge >= 0.3 is 0 Å². The second-order valence-corrected chi connectivity index (χ2v) is 5.85. The SMILES string of the molecule is Cc1cc(C)n(C2CCN(Cc3c(C)noc3C)C2)n1. The molecule has 0 aromatic carbocycles. The van der Waals surface area contributed by atoms with Crippen molar-refractivity contribution in [3.8, 4) is 0 Å². The summed E-state index contributed by atoms with van der Waals surface area (Å²) in [6.45, 7) is 11.3. The van der Waals surface area contributed by atoms with Crippen molar-refractivity contribution in [2.45, 2.75) is 46.7 Å². The van der Waals surface area contributed by atoms with Crippen LogP contribution >= 0.6 is 0 Å². The molecule has 2 aromatic rings. The predicted octanol–water partition coefficient (Wildman–Crippen LogP) is 2.55. The molecule has 0 bridgehead atoms. The number of aromatic nitrogens is 3. The van der Waals surface area contributed by atoms with E-state index in [-0.39, 0.29) is 0 Å². The molecule has 1 atom stereocenters. The zero-order valence-electron chi connectivity index (χ0n) is 12.7. The largest absolute Gasteiger partial charge is 0.361 e. The minimum absolute atomic E-state index is 0.490. The van der Waals surface area contributed by atoms with E-state index < -0.39 is 0 Å². The second-order valence-electron chi connectivity index (χ2n) is 5.85. The normalized spacial score (nSPS) is 19.9. The van der Waals surface area contributed by atoms with Crippen LogP contribution in [0, 0.1) is 27.7 Å². The zero-order chi connectivity index (χ0) is 14.3. The summed E-state index contributed by atoms with van der Waals surface area (Å²) in [5.41, 5.74) is 4.61. The molecule has 2 aromatic heterocycles. The van der Waals surface area contributed by atoms with E-state index in [0.29, 0.717) is 6.04 Å². The van der Waals surface area contributed by atoms with Crippen molar-refractivity contribution < 1.29 is 4.52 Å². The van der Waals surface area contributed by atoms with Gasteiger partial charge in [0.25, 0.3) is 0 Å². The number of nitrogens with zero attached hydrogens (tertiary/aromatic N) is 4. The summed E-state index contributed by atoms with van der Waals surface area (Å²) in [6, 6.07) is 2.64. The highest BCUT2D eigenvalue weighted by atomic mass is 16.5. The van der Waals surface area contributed by atoms with Crippen LogP contribution in [0.25, 0.3) is 0 Å². The maximum absolute atomic E-state index is 5.25. The van der Waals surface area contributed by atoms with E-state index in [9.17, 15) is 0 Å². The first-order valence-corrected chi connectivity index (χ1v) is 7.21. The van der Waals surface area contributed by atoms with Gasteiger partial charge in [-0.1, -0.05) is 5.16 Å². The molecule has 3 rings (SSSR count). The molecular weight excluding hydrogens is 252 g/mol. The quantitative estimate of drug-likeness (QED) is 0.863. The van der Waals surface area contributed by atoms with Crippen LogP contribution in [-0.4, -0.2) is 32.9 Å². The fourth-order valence-corrected chi connectivity index (χ4v) is 3.12. The van der Waals surface area contributed by atoms with Crippen LogP contribution in [0.2, 0.25) is 0 Å². The summed E-state index contributed by atoms with van der Waals surface area (Å²) in [5.74, 6) is 0.942. The Hall–Kier alpha value is -1.62. The lowest BCUT2D eigenvalue weighted by molar-refractivity contribution is 0.307. The lowest BCUT2D eigenvalue weighted by atomic mass is 10.2. The molecule has 1 aliphatic rings. The molecule has 1 fully saturated rings. The van der Waals surface area contributed by atoms with Gasteiger partial charge in [-0.3, -0.25) is 9.58 Å².